The molecule has 0 unspecified atom stereocenters. The number of sulfone groups is 1. The molecule has 9 heteroatoms. The SMILES string of the molecule is CS(=O)(=O)CCC(=O)Nc1nsc(Cc2ccc(F)cc2)n1. The lowest BCUT2D eigenvalue weighted by Gasteiger charge is -1.99. The van der Waals surface area contributed by atoms with Gasteiger partial charge in [-0.15, -0.1) is 0 Å². The van der Waals surface area contributed by atoms with Crippen molar-refractivity contribution >= 4 is 33.2 Å². The number of hydrogen-bond donors (Lipinski definition) is 1. The normalized spacial score (nSPS) is 11.4. The lowest BCUT2D eigenvalue weighted by molar-refractivity contribution is -0.115. The van der Waals surface area contributed by atoms with Gasteiger partial charge in [0.25, 0.3) is 0 Å². The number of nitrogens with one attached hydrogen (secondary N) is 1. The zero-order valence-electron chi connectivity index (χ0n) is 11.7. The summed E-state index contributed by atoms with van der Waals surface area (Å²) in [5, 5.41) is 3.13. The summed E-state index contributed by atoms with van der Waals surface area (Å²) in [6.07, 6.45) is 1.42. The zero-order valence-corrected chi connectivity index (χ0v) is 13.4. The molecule has 1 amide bonds. The Labute approximate surface area is 131 Å². The highest BCUT2D eigenvalue weighted by Gasteiger charge is 2.11. The van der Waals surface area contributed by atoms with Crippen LogP contribution in [0.1, 0.15) is 17.0 Å². The Morgan fingerprint density at radius 3 is 2.64 bits per heavy atom. The second-order valence-corrected chi connectivity index (χ2v) is 7.84. The van der Waals surface area contributed by atoms with Crippen LogP contribution in [0.2, 0.25) is 0 Å². The van der Waals surface area contributed by atoms with Crippen LogP contribution in [0.25, 0.3) is 0 Å². The van der Waals surface area contributed by atoms with Crippen molar-refractivity contribution in [1.29, 1.82) is 0 Å². The minimum atomic E-state index is -3.18. The number of halogens is 1. The van der Waals surface area contributed by atoms with E-state index in [1.54, 1.807) is 12.1 Å². The molecule has 2 aromatic rings. The van der Waals surface area contributed by atoms with E-state index in [1.165, 1.54) is 12.1 Å². The lowest BCUT2D eigenvalue weighted by Crippen LogP contribution is -2.17. The fourth-order valence-corrected chi connectivity index (χ4v) is 2.81. The van der Waals surface area contributed by atoms with Crippen molar-refractivity contribution in [3.05, 3.63) is 40.7 Å². The smallest absolute Gasteiger partial charge is 0.241 e. The van der Waals surface area contributed by atoms with Crippen LogP contribution in [0.5, 0.6) is 0 Å². The van der Waals surface area contributed by atoms with E-state index in [1.807, 2.05) is 0 Å². The van der Waals surface area contributed by atoms with Gasteiger partial charge in [0.05, 0.1) is 5.75 Å². The van der Waals surface area contributed by atoms with E-state index >= 15 is 0 Å². The topological polar surface area (TPSA) is 89.0 Å². The van der Waals surface area contributed by atoms with Crippen LogP contribution in [-0.4, -0.2) is 35.7 Å². The molecular formula is C13H14FN3O3S2. The highest BCUT2D eigenvalue weighted by Crippen LogP contribution is 2.14. The van der Waals surface area contributed by atoms with Gasteiger partial charge in [0.2, 0.25) is 11.9 Å². The summed E-state index contributed by atoms with van der Waals surface area (Å²) in [7, 11) is -3.18. The van der Waals surface area contributed by atoms with Crippen molar-refractivity contribution in [3.8, 4) is 0 Å². The first-order chi connectivity index (χ1) is 10.3. The van der Waals surface area contributed by atoms with Gasteiger partial charge in [-0.1, -0.05) is 12.1 Å². The first kappa shape index (κ1) is 16.5. The molecule has 118 valence electrons. The van der Waals surface area contributed by atoms with Crippen molar-refractivity contribution in [2.24, 2.45) is 0 Å². The fourth-order valence-electron chi connectivity index (χ4n) is 1.62. The quantitative estimate of drug-likeness (QED) is 0.861. The number of carbonyl (C=O) groups excluding carboxylic acids is 1. The van der Waals surface area contributed by atoms with Gasteiger partial charge in [0.1, 0.15) is 20.7 Å². The van der Waals surface area contributed by atoms with Crippen LogP contribution in [0.3, 0.4) is 0 Å². The molecule has 22 heavy (non-hydrogen) atoms. The third-order valence-corrected chi connectivity index (χ3v) is 4.34. The van der Waals surface area contributed by atoms with E-state index in [0.29, 0.717) is 11.4 Å². The van der Waals surface area contributed by atoms with Crippen molar-refractivity contribution in [2.45, 2.75) is 12.8 Å². The van der Waals surface area contributed by atoms with E-state index in [4.69, 9.17) is 0 Å². The van der Waals surface area contributed by atoms with Crippen molar-refractivity contribution in [3.63, 3.8) is 0 Å². The summed E-state index contributed by atoms with van der Waals surface area (Å²) < 4.78 is 38.8. The van der Waals surface area contributed by atoms with Gasteiger partial charge >= 0.3 is 0 Å². The number of hydrogen-bond acceptors (Lipinski definition) is 6. The number of amides is 1. The standard InChI is InChI=1S/C13H14FN3O3S2/c1-22(19,20)7-6-11(18)15-13-16-12(21-17-13)8-9-2-4-10(14)5-3-9/h2-5H,6-8H2,1H3,(H,15,17,18). The number of rotatable bonds is 6. The third kappa shape index (κ3) is 5.49. The first-order valence-electron chi connectivity index (χ1n) is 6.36. The molecule has 0 aliphatic carbocycles. The zero-order chi connectivity index (χ0) is 16.2. The van der Waals surface area contributed by atoms with Gasteiger partial charge in [-0.3, -0.25) is 10.1 Å². The lowest BCUT2D eigenvalue weighted by atomic mass is 10.2. The van der Waals surface area contributed by atoms with Gasteiger partial charge in [0.15, 0.2) is 0 Å². The average molecular weight is 343 g/mol. The van der Waals surface area contributed by atoms with Crippen LogP contribution in [0.15, 0.2) is 24.3 Å². The highest BCUT2D eigenvalue weighted by atomic mass is 32.2. The van der Waals surface area contributed by atoms with E-state index in [-0.39, 0.29) is 23.9 Å². The maximum Gasteiger partial charge on any atom is 0.241 e. The van der Waals surface area contributed by atoms with Gasteiger partial charge in [-0.25, -0.2) is 17.8 Å². The number of nitrogens with zero attached hydrogens (tertiary/aromatic N) is 2. The van der Waals surface area contributed by atoms with Crippen molar-refractivity contribution in [2.75, 3.05) is 17.3 Å². The van der Waals surface area contributed by atoms with E-state index in [2.05, 4.69) is 14.7 Å². The van der Waals surface area contributed by atoms with E-state index < -0.39 is 15.7 Å². The summed E-state index contributed by atoms with van der Waals surface area (Å²) in [5.74, 6) is -0.817. The van der Waals surface area contributed by atoms with Crippen LogP contribution in [0.4, 0.5) is 10.3 Å². The molecule has 2 rings (SSSR count). The molecule has 1 heterocycles. The average Bonchev–Trinajstić information content (AvgIpc) is 2.86. The molecule has 0 radical (unpaired) electrons. The molecule has 0 aliphatic rings. The van der Waals surface area contributed by atoms with Crippen LogP contribution in [-0.2, 0) is 21.1 Å². The van der Waals surface area contributed by atoms with Crippen molar-refractivity contribution in [1.82, 2.24) is 9.36 Å². The van der Waals surface area contributed by atoms with Crippen LogP contribution < -0.4 is 5.32 Å². The van der Waals surface area contributed by atoms with Gasteiger partial charge in [-0.2, -0.15) is 4.37 Å². The Balaban J connectivity index is 1.91. The molecule has 1 aromatic heterocycles. The molecule has 1 N–H and O–H groups in total. The van der Waals surface area contributed by atoms with E-state index in [9.17, 15) is 17.6 Å². The molecule has 6 nitrogen and oxygen atoms in total. The second kappa shape index (κ2) is 6.93. The fraction of sp³-hybridized carbons (Fsp3) is 0.308. The maximum absolute atomic E-state index is 12.8. The Bertz CT molecular complexity index is 757. The number of anilines is 1. The summed E-state index contributed by atoms with van der Waals surface area (Å²) >= 11 is 1.13. The Hall–Kier alpha value is -1.87. The molecule has 1 aromatic carbocycles. The monoisotopic (exact) mass is 343 g/mol. The first-order valence-corrected chi connectivity index (χ1v) is 9.20. The molecule has 0 bridgehead atoms. The predicted octanol–water partition coefficient (Wildman–Crippen LogP) is 1.64. The predicted molar refractivity (Wildman–Crippen MR) is 82.1 cm³/mol. The van der Waals surface area contributed by atoms with Gasteiger partial charge in [0, 0.05) is 19.1 Å². The Kier molecular flexibility index (Phi) is 5.19. The summed E-state index contributed by atoms with van der Waals surface area (Å²) in [6, 6.07) is 6.04. The van der Waals surface area contributed by atoms with Crippen molar-refractivity contribution < 1.29 is 17.6 Å². The second-order valence-electron chi connectivity index (χ2n) is 4.74. The largest absolute Gasteiger partial charge is 0.294 e. The highest BCUT2D eigenvalue weighted by molar-refractivity contribution is 7.90. The molecule has 0 fully saturated rings. The molecule has 0 spiro atoms. The van der Waals surface area contributed by atoms with E-state index in [0.717, 1.165) is 23.4 Å². The maximum atomic E-state index is 12.8. The molecule has 0 aliphatic heterocycles. The molecule has 0 atom stereocenters. The Morgan fingerprint density at radius 2 is 2.00 bits per heavy atom. The minimum Gasteiger partial charge on any atom is -0.294 e. The van der Waals surface area contributed by atoms with Crippen LogP contribution in [0, 0.1) is 5.82 Å². The molecular weight excluding hydrogens is 329 g/mol. The van der Waals surface area contributed by atoms with Crippen LogP contribution >= 0.6 is 11.5 Å². The number of carbonyl (C=O) groups is 1. The molecule has 0 saturated heterocycles. The summed E-state index contributed by atoms with van der Waals surface area (Å²) in [4.78, 5) is 15.7. The van der Waals surface area contributed by atoms with Gasteiger partial charge < -0.3 is 0 Å². The Morgan fingerprint density at radius 1 is 1.32 bits per heavy atom. The number of aromatic nitrogens is 2. The van der Waals surface area contributed by atoms with Gasteiger partial charge in [-0.05, 0) is 29.2 Å². The summed E-state index contributed by atoms with van der Waals surface area (Å²) in [5.41, 5.74) is 0.882. The minimum absolute atomic E-state index is 0.134. The molecule has 0 saturated carbocycles. The third-order valence-electron chi connectivity index (χ3n) is 2.69. The number of benzene rings is 1. The summed E-state index contributed by atoms with van der Waals surface area (Å²) in [6.45, 7) is 0.